The molecular formula is C29H35N7O3. The van der Waals surface area contributed by atoms with E-state index in [1.54, 1.807) is 0 Å². The number of piperazine rings is 1. The second-order valence-electron chi connectivity index (χ2n) is 11.2. The average Bonchev–Trinajstić information content (AvgIpc) is 3.60. The van der Waals surface area contributed by atoms with Crippen LogP contribution in [0, 0.1) is 6.92 Å². The third-order valence-electron chi connectivity index (χ3n) is 8.12. The van der Waals surface area contributed by atoms with Gasteiger partial charge >= 0.3 is 0 Å². The minimum atomic E-state index is -0.368. The largest absolute Gasteiger partial charge is 0.454 e. The molecule has 2 aromatic heterocycles. The van der Waals surface area contributed by atoms with Gasteiger partial charge < -0.3 is 14.5 Å². The van der Waals surface area contributed by atoms with Crippen LogP contribution in [0.2, 0.25) is 0 Å². The summed E-state index contributed by atoms with van der Waals surface area (Å²) < 4.78 is 12.9. The second-order valence-corrected chi connectivity index (χ2v) is 11.2. The van der Waals surface area contributed by atoms with Gasteiger partial charge in [-0.15, -0.1) is 5.10 Å². The summed E-state index contributed by atoms with van der Waals surface area (Å²) in [7, 11) is 0. The average molecular weight is 530 g/mol. The summed E-state index contributed by atoms with van der Waals surface area (Å²) in [6.07, 6.45) is 0.855. The standard InChI is InChI=1S/C29H35N7O3/c1-5-29(3,4)36-27(31-32-33-36)26(22-16-21-14-19(2)6-8-23(21)30-28(22)37)35-12-10-34(11-13-35)17-20-7-9-24-25(15-20)39-18-38-24/h6-9,14-16,26H,5,10-13,17-18H2,1-4H3,(H,30,37)/t26-/m0/s1. The molecule has 204 valence electrons. The fourth-order valence-corrected chi connectivity index (χ4v) is 5.47. The number of aryl methyl sites for hydroxylation is 1. The van der Waals surface area contributed by atoms with Gasteiger partial charge in [-0.2, -0.15) is 0 Å². The predicted octanol–water partition coefficient (Wildman–Crippen LogP) is 3.60. The molecule has 0 amide bonds. The van der Waals surface area contributed by atoms with E-state index in [2.05, 4.69) is 76.2 Å². The lowest BCUT2D eigenvalue weighted by molar-refractivity contribution is 0.0968. The van der Waals surface area contributed by atoms with Crippen LogP contribution >= 0.6 is 0 Å². The smallest absolute Gasteiger partial charge is 0.253 e. The van der Waals surface area contributed by atoms with Gasteiger partial charge in [0.15, 0.2) is 17.3 Å². The summed E-state index contributed by atoms with van der Waals surface area (Å²) in [5, 5.41) is 14.0. The molecule has 6 rings (SSSR count). The number of tetrazole rings is 1. The summed E-state index contributed by atoms with van der Waals surface area (Å²) in [5.74, 6) is 2.31. The van der Waals surface area contributed by atoms with Crippen molar-refractivity contribution in [3.05, 3.63) is 75.3 Å². The highest BCUT2D eigenvalue weighted by Gasteiger charge is 2.35. The zero-order chi connectivity index (χ0) is 27.1. The molecule has 1 fully saturated rings. The first kappa shape index (κ1) is 25.5. The van der Waals surface area contributed by atoms with E-state index in [0.717, 1.165) is 67.1 Å². The highest BCUT2D eigenvalue weighted by atomic mass is 16.7. The number of H-pyrrole nitrogens is 1. The highest BCUT2D eigenvalue weighted by Crippen LogP contribution is 2.34. The van der Waals surface area contributed by atoms with E-state index in [0.29, 0.717) is 11.4 Å². The number of hydrogen-bond acceptors (Lipinski definition) is 8. The predicted molar refractivity (Wildman–Crippen MR) is 148 cm³/mol. The third kappa shape index (κ3) is 4.90. The molecule has 0 aliphatic carbocycles. The van der Waals surface area contributed by atoms with Gasteiger partial charge in [0, 0.05) is 43.8 Å². The van der Waals surface area contributed by atoms with Crippen molar-refractivity contribution in [2.75, 3.05) is 33.0 Å². The Morgan fingerprint density at radius 1 is 1.03 bits per heavy atom. The second kappa shape index (κ2) is 10.1. The van der Waals surface area contributed by atoms with Crippen molar-refractivity contribution in [2.45, 2.75) is 52.2 Å². The van der Waals surface area contributed by atoms with Crippen LogP contribution in [0.4, 0.5) is 0 Å². The highest BCUT2D eigenvalue weighted by molar-refractivity contribution is 5.79. The van der Waals surface area contributed by atoms with Crippen LogP contribution in [-0.2, 0) is 12.1 Å². The quantitative estimate of drug-likeness (QED) is 0.388. The summed E-state index contributed by atoms with van der Waals surface area (Å²) in [6, 6.07) is 13.9. The lowest BCUT2D eigenvalue weighted by Gasteiger charge is -2.39. The van der Waals surface area contributed by atoms with Crippen LogP contribution in [0.5, 0.6) is 11.5 Å². The maximum Gasteiger partial charge on any atom is 0.253 e. The van der Waals surface area contributed by atoms with E-state index in [9.17, 15) is 4.79 Å². The van der Waals surface area contributed by atoms with Crippen molar-refractivity contribution >= 4 is 10.9 Å². The number of benzene rings is 2. The molecule has 10 heteroatoms. The number of hydrogen-bond donors (Lipinski definition) is 1. The van der Waals surface area contributed by atoms with Crippen molar-refractivity contribution in [3.63, 3.8) is 0 Å². The molecule has 4 heterocycles. The molecule has 4 aromatic rings. The molecule has 0 spiro atoms. The zero-order valence-corrected chi connectivity index (χ0v) is 23.0. The van der Waals surface area contributed by atoms with Gasteiger partial charge in [0.2, 0.25) is 6.79 Å². The summed E-state index contributed by atoms with van der Waals surface area (Å²) in [5.41, 5.74) is 3.43. The first-order chi connectivity index (χ1) is 18.8. The molecule has 0 bridgehead atoms. The molecule has 39 heavy (non-hydrogen) atoms. The summed E-state index contributed by atoms with van der Waals surface area (Å²) >= 11 is 0. The normalized spacial score (nSPS) is 17.1. The number of rotatable bonds is 7. The molecule has 0 radical (unpaired) electrons. The number of nitrogens with one attached hydrogen (secondary N) is 1. The minimum absolute atomic E-state index is 0.108. The number of fused-ring (bicyclic) bond motifs is 2. The molecule has 2 aliphatic heterocycles. The van der Waals surface area contributed by atoms with E-state index in [1.165, 1.54) is 5.56 Å². The van der Waals surface area contributed by atoms with E-state index < -0.39 is 0 Å². The Balaban J connectivity index is 1.32. The number of pyridine rings is 1. The lowest BCUT2D eigenvalue weighted by Crippen LogP contribution is -2.49. The molecule has 1 atom stereocenters. The fraction of sp³-hybridized carbons (Fsp3) is 0.448. The van der Waals surface area contributed by atoms with E-state index in [4.69, 9.17) is 9.47 Å². The maximum atomic E-state index is 13.5. The Hall–Kier alpha value is -3.76. The van der Waals surface area contributed by atoms with Crippen LogP contribution in [0.1, 0.15) is 55.7 Å². The van der Waals surface area contributed by atoms with Crippen molar-refractivity contribution in [1.29, 1.82) is 0 Å². The first-order valence-electron chi connectivity index (χ1n) is 13.6. The molecule has 0 saturated carbocycles. The van der Waals surface area contributed by atoms with Gasteiger partial charge in [-0.1, -0.05) is 24.6 Å². The van der Waals surface area contributed by atoms with Crippen LogP contribution < -0.4 is 15.0 Å². The van der Waals surface area contributed by atoms with Crippen LogP contribution in [-0.4, -0.2) is 68.0 Å². The van der Waals surface area contributed by atoms with Crippen molar-refractivity contribution in [2.24, 2.45) is 0 Å². The van der Waals surface area contributed by atoms with E-state index in [-0.39, 0.29) is 23.9 Å². The Kier molecular flexibility index (Phi) is 6.60. The lowest BCUT2D eigenvalue weighted by atomic mass is 9.98. The topological polar surface area (TPSA) is 101 Å². The molecule has 2 aromatic carbocycles. The Morgan fingerprint density at radius 2 is 1.82 bits per heavy atom. The van der Waals surface area contributed by atoms with Gasteiger partial charge in [0.25, 0.3) is 5.56 Å². The number of aromatic nitrogens is 5. The summed E-state index contributed by atoms with van der Waals surface area (Å²) in [4.78, 5) is 21.4. The number of ether oxygens (including phenoxy) is 2. The number of aromatic amines is 1. The molecule has 1 N–H and O–H groups in total. The van der Waals surface area contributed by atoms with Crippen LogP contribution in [0.15, 0.2) is 47.3 Å². The first-order valence-corrected chi connectivity index (χ1v) is 13.6. The molecule has 2 aliphatic rings. The third-order valence-corrected chi connectivity index (χ3v) is 8.12. The van der Waals surface area contributed by atoms with Crippen LogP contribution in [0.3, 0.4) is 0 Å². The van der Waals surface area contributed by atoms with Gasteiger partial charge in [0.1, 0.15) is 6.04 Å². The van der Waals surface area contributed by atoms with E-state index >= 15 is 0 Å². The van der Waals surface area contributed by atoms with E-state index in [1.807, 2.05) is 28.9 Å². The van der Waals surface area contributed by atoms with Gasteiger partial charge in [-0.3, -0.25) is 14.6 Å². The van der Waals surface area contributed by atoms with Gasteiger partial charge in [0.05, 0.1) is 5.54 Å². The number of nitrogens with zero attached hydrogens (tertiary/aromatic N) is 6. The Labute approximate surface area is 227 Å². The van der Waals surface area contributed by atoms with Crippen molar-refractivity contribution in [1.82, 2.24) is 35.0 Å². The zero-order valence-electron chi connectivity index (χ0n) is 23.0. The summed E-state index contributed by atoms with van der Waals surface area (Å²) in [6.45, 7) is 12.8. The SMILES string of the molecule is CCC(C)(C)n1nnnc1[C@H](c1cc2cc(C)ccc2[nH]c1=O)N1CCN(Cc2ccc3c(c2)OCO3)CC1. The van der Waals surface area contributed by atoms with Gasteiger partial charge in [-0.25, -0.2) is 4.68 Å². The molecular weight excluding hydrogens is 494 g/mol. The Bertz CT molecular complexity index is 1550. The monoisotopic (exact) mass is 529 g/mol. The fourth-order valence-electron chi connectivity index (χ4n) is 5.47. The molecule has 0 unspecified atom stereocenters. The molecule has 10 nitrogen and oxygen atoms in total. The minimum Gasteiger partial charge on any atom is -0.454 e. The van der Waals surface area contributed by atoms with Crippen LogP contribution in [0.25, 0.3) is 10.9 Å². The van der Waals surface area contributed by atoms with Crippen molar-refractivity contribution < 1.29 is 9.47 Å². The molecule has 1 saturated heterocycles. The van der Waals surface area contributed by atoms with Crippen molar-refractivity contribution in [3.8, 4) is 11.5 Å². The maximum absolute atomic E-state index is 13.5. The Morgan fingerprint density at radius 3 is 2.62 bits per heavy atom. The van der Waals surface area contributed by atoms with Gasteiger partial charge in [-0.05, 0) is 78.9 Å².